The van der Waals surface area contributed by atoms with E-state index in [2.05, 4.69) is 22.5 Å². The molecule has 0 radical (unpaired) electrons. The van der Waals surface area contributed by atoms with Crippen molar-refractivity contribution in [2.75, 3.05) is 31.7 Å². The molecule has 2 bridgehead atoms. The quantitative estimate of drug-likeness (QED) is 0.222. The summed E-state index contributed by atoms with van der Waals surface area (Å²) in [6.07, 6.45) is 5.24. The number of likely N-dealkylation sites (tertiary alicyclic amines) is 1. The van der Waals surface area contributed by atoms with E-state index >= 15 is 0 Å². The molecule has 3 fully saturated rings. The molecule has 2 N–H and O–H groups in total. The lowest BCUT2D eigenvalue weighted by Crippen LogP contribution is -2.55. The molecule has 3 aliphatic rings. The normalized spacial score (nSPS) is 30.4. The number of methoxy groups -OCH3 is 1. The molecule has 36 heavy (non-hydrogen) atoms. The molecule has 1 spiro atoms. The van der Waals surface area contributed by atoms with Gasteiger partial charge in [0.25, 0.3) is 5.91 Å². The van der Waals surface area contributed by atoms with Crippen LogP contribution in [0, 0.1) is 11.8 Å². The van der Waals surface area contributed by atoms with E-state index in [1.807, 2.05) is 0 Å². The maximum Gasteiger partial charge on any atom is 0.308 e. The first-order valence-corrected chi connectivity index (χ1v) is 14.1. The maximum atomic E-state index is 14.3. The number of carboxylic acids is 1. The van der Waals surface area contributed by atoms with E-state index in [1.165, 1.54) is 11.8 Å². The van der Waals surface area contributed by atoms with Crippen molar-refractivity contribution in [3.63, 3.8) is 0 Å². The fourth-order valence-corrected chi connectivity index (χ4v) is 9.64. The van der Waals surface area contributed by atoms with Crippen LogP contribution in [0.1, 0.15) is 32.1 Å². The van der Waals surface area contributed by atoms with E-state index in [0.29, 0.717) is 37.2 Å². The standard InChI is InChI=1S/C26H33BrN2O6S/c1-3-12-28(16-8-10-17(35-2)11-9-16)24(32)22-26-15-18(27)21(36-26)19(25(33)34)20(26)23(31)29(22)13-6-4-5-7-14-30/h3,8-11,18-22,30H,1,4-7,12-15H2,2H3,(H,33,34)/t18?,19-,20+,21-,22?,26?/m1/s1. The van der Waals surface area contributed by atoms with Crippen LogP contribution in [0.15, 0.2) is 36.9 Å². The third-order valence-electron chi connectivity index (χ3n) is 7.58. The first-order chi connectivity index (χ1) is 17.3. The molecule has 3 aliphatic heterocycles. The van der Waals surface area contributed by atoms with Crippen molar-refractivity contribution in [2.45, 2.75) is 53.0 Å². The highest BCUT2D eigenvalue weighted by atomic mass is 79.9. The highest BCUT2D eigenvalue weighted by molar-refractivity contribution is 9.09. The molecule has 4 rings (SSSR count). The van der Waals surface area contributed by atoms with Gasteiger partial charge in [-0.25, -0.2) is 0 Å². The fourth-order valence-electron chi connectivity index (χ4n) is 6.04. The molecule has 3 unspecified atom stereocenters. The second-order valence-corrected chi connectivity index (χ2v) is 12.3. The molecule has 0 aromatic heterocycles. The average Bonchev–Trinajstić information content (AvgIpc) is 3.45. The number of halogens is 1. The van der Waals surface area contributed by atoms with Gasteiger partial charge >= 0.3 is 5.97 Å². The van der Waals surface area contributed by atoms with Gasteiger partial charge in [0.15, 0.2) is 0 Å². The van der Waals surface area contributed by atoms with Crippen LogP contribution in [0.4, 0.5) is 5.69 Å². The Hall–Kier alpha value is -2.04. The molecule has 6 atom stereocenters. The minimum atomic E-state index is -0.981. The Labute approximate surface area is 224 Å². The second kappa shape index (κ2) is 11.1. The summed E-state index contributed by atoms with van der Waals surface area (Å²) >= 11 is 5.17. The van der Waals surface area contributed by atoms with Crippen molar-refractivity contribution in [1.29, 1.82) is 0 Å². The van der Waals surface area contributed by atoms with Crippen LogP contribution in [0.25, 0.3) is 0 Å². The summed E-state index contributed by atoms with van der Waals surface area (Å²) in [6, 6.07) is 6.40. The predicted molar refractivity (Wildman–Crippen MR) is 143 cm³/mol. The number of hydrogen-bond acceptors (Lipinski definition) is 6. The van der Waals surface area contributed by atoms with Gasteiger partial charge in [-0.15, -0.1) is 18.3 Å². The summed E-state index contributed by atoms with van der Waals surface area (Å²) in [5.74, 6) is -2.32. The zero-order chi connectivity index (χ0) is 26.0. The number of hydrogen-bond donors (Lipinski definition) is 2. The molecule has 3 heterocycles. The number of benzene rings is 1. The van der Waals surface area contributed by atoms with Gasteiger partial charge in [0.2, 0.25) is 5.91 Å². The molecule has 8 nitrogen and oxygen atoms in total. The van der Waals surface area contributed by atoms with Crippen LogP contribution in [-0.4, -0.2) is 80.6 Å². The van der Waals surface area contributed by atoms with Crippen LogP contribution < -0.4 is 9.64 Å². The van der Waals surface area contributed by atoms with Crippen LogP contribution in [-0.2, 0) is 14.4 Å². The lowest BCUT2D eigenvalue weighted by molar-refractivity contribution is -0.148. The maximum absolute atomic E-state index is 14.3. The van der Waals surface area contributed by atoms with E-state index in [9.17, 15) is 19.5 Å². The molecule has 10 heteroatoms. The Balaban J connectivity index is 1.71. The number of ether oxygens (including phenoxy) is 1. The number of rotatable bonds is 12. The van der Waals surface area contributed by atoms with Crippen LogP contribution in [0.3, 0.4) is 0 Å². The number of aliphatic hydroxyl groups excluding tert-OH is 1. The molecule has 2 amide bonds. The van der Waals surface area contributed by atoms with E-state index in [-0.39, 0.29) is 35.0 Å². The Morgan fingerprint density at radius 2 is 1.97 bits per heavy atom. The third-order valence-corrected chi connectivity index (χ3v) is 10.8. The molecule has 1 aromatic rings. The number of aliphatic hydroxyl groups is 1. The number of unbranched alkanes of at least 4 members (excludes halogenated alkanes) is 3. The number of alkyl halides is 1. The zero-order valence-corrected chi connectivity index (χ0v) is 22.7. The number of amides is 2. The number of aliphatic carboxylic acids is 1. The lowest BCUT2D eigenvalue weighted by Gasteiger charge is -2.37. The third kappa shape index (κ3) is 4.56. The monoisotopic (exact) mass is 580 g/mol. The van der Waals surface area contributed by atoms with Gasteiger partial charge in [0.05, 0.1) is 23.7 Å². The number of nitrogens with zero attached hydrogens (tertiary/aromatic N) is 2. The van der Waals surface area contributed by atoms with Crippen molar-refractivity contribution in [1.82, 2.24) is 4.90 Å². The summed E-state index contributed by atoms with van der Waals surface area (Å²) in [5.41, 5.74) is 0.665. The lowest BCUT2D eigenvalue weighted by atomic mass is 9.71. The summed E-state index contributed by atoms with van der Waals surface area (Å²) in [5, 5.41) is 18.9. The molecular formula is C26H33BrN2O6S. The van der Waals surface area contributed by atoms with Gasteiger partial charge in [-0.05, 0) is 43.5 Å². The van der Waals surface area contributed by atoms with Crippen molar-refractivity contribution in [2.24, 2.45) is 11.8 Å². The zero-order valence-electron chi connectivity index (χ0n) is 20.3. The van der Waals surface area contributed by atoms with E-state index in [4.69, 9.17) is 9.84 Å². The largest absolute Gasteiger partial charge is 0.497 e. The first-order valence-electron chi connectivity index (χ1n) is 12.3. The van der Waals surface area contributed by atoms with Crippen LogP contribution in [0.5, 0.6) is 5.75 Å². The number of carboxylic acid groups (broad SMARTS) is 1. The highest BCUT2D eigenvalue weighted by Crippen LogP contribution is 2.67. The van der Waals surface area contributed by atoms with Crippen molar-refractivity contribution in [3.8, 4) is 5.75 Å². The SMILES string of the molecule is C=CCN(C(=O)C1N(CCCCCCO)C(=O)[C@@H]2[C@@H](C(=O)O)[C@@H]3SC12CC3Br)c1ccc(OC)cc1. The Morgan fingerprint density at radius 3 is 2.58 bits per heavy atom. The first kappa shape index (κ1) is 27.0. The van der Waals surface area contributed by atoms with Gasteiger partial charge in [-0.2, -0.15) is 0 Å². The molecule has 196 valence electrons. The average molecular weight is 582 g/mol. The van der Waals surface area contributed by atoms with Crippen LogP contribution in [0.2, 0.25) is 0 Å². The minimum Gasteiger partial charge on any atom is -0.497 e. The Morgan fingerprint density at radius 1 is 1.28 bits per heavy atom. The minimum absolute atomic E-state index is 0.0821. The van der Waals surface area contributed by atoms with Gasteiger partial charge in [0.1, 0.15) is 11.8 Å². The van der Waals surface area contributed by atoms with Crippen molar-refractivity contribution >= 4 is 51.2 Å². The predicted octanol–water partition coefficient (Wildman–Crippen LogP) is 3.32. The van der Waals surface area contributed by atoms with E-state index in [0.717, 1.165) is 12.8 Å². The number of thioether (sulfide) groups is 1. The fraction of sp³-hybridized carbons (Fsp3) is 0.577. The molecule has 0 saturated carbocycles. The van der Waals surface area contributed by atoms with Gasteiger partial charge in [-0.3, -0.25) is 14.4 Å². The number of carbonyl (C=O) groups is 3. The number of carbonyl (C=O) groups excluding carboxylic acids is 2. The van der Waals surface area contributed by atoms with Crippen LogP contribution >= 0.6 is 27.7 Å². The summed E-state index contributed by atoms with van der Waals surface area (Å²) in [6.45, 7) is 4.60. The summed E-state index contributed by atoms with van der Waals surface area (Å²) in [4.78, 5) is 43.7. The van der Waals surface area contributed by atoms with Crippen molar-refractivity contribution in [3.05, 3.63) is 36.9 Å². The van der Waals surface area contributed by atoms with Gasteiger partial charge < -0.3 is 24.7 Å². The summed E-state index contributed by atoms with van der Waals surface area (Å²) < 4.78 is 4.46. The van der Waals surface area contributed by atoms with E-state index in [1.54, 1.807) is 47.3 Å². The Bertz CT molecular complexity index is 1010. The van der Waals surface area contributed by atoms with Gasteiger partial charge in [-0.1, -0.05) is 34.8 Å². The highest BCUT2D eigenvalue weighted by Gasteiger charge is 2.76. The number of fused-ring (bicyclic) bond motifs is 1. The molecule has 0 aliphatic carbocycles. The second-order valence-electron chi connectivity index (χ2n) is 9.61. The topological polar surface area (TPSA) is 107 Å². The number of anilines is 1. The Kier molecular flexibility index (Phi) is 8.36. The molecule has 1 aromatic carbocycles. The van der Waals surface area contributed by atoms with Crippen molar-refractivity contribution < 1.29 is 29.3 Å². The van der Waals surface area contributed by atoms with Gasteiger partial charge in [0, 0.05) is 35.5 Å². The van der Waals surface area contributed by atoms with E-state index < -0.39 is 28.6 Å². The smallest absolute Gasteiger partial charge is 0.308 e. The summed E-state index contributed by atoms with van der Waals surface area (Å²) in [7, 11) is 1.58. The molecule has 3 saturated heterocycles. The molecular weight excluding hydrogens is 548 g/mol.